The van der Waals surface area contributed by atoms with Crippen molar-refractivity contribution in [2.45, 2.75) is 25.0 Å². The van der Waals surface area contributed by atoms with Crippen molar-refractivity contribution in [1.29, 1.82) is 0 Å². The Kier molecular flexibility index (Phi) is 3.75. The molecule has 2 amide bonds. The molecule has 1 N–H and O–H groups in total. The zero-order chi connectivity index (χ0) is 14.2. The van der Waals surface area contributed by atoms with E-state index in [1.165, 1.54) is 16.9 Å². The van der Waals surface area contributed by atoms with Gasteiger partial charge in [-0.2, -0.15) is 0 Å². The molecule has 0 aromatic carbocycles. The summed E-state index contributed by atoms with van der Waals surface area (Å²) in [5.74, 6) is -1.30. The number of esters is 1. The highest BCUT2D eigenvalue weighted by Gasteiger charge is 2.44. The van der Waals surface area contributed by atoms with Crippen LogP contribution >= 0.6 is 0 Å². The number of ether oxygens (including phenoxy) is 1. The summed E-state index contributed by atoms with van der Waals surface area (Å²) in [6, 6.07) is -0.742. The van der Waals surface area contributed by atoms with Crippen molar-refractivity contribution in [2.75, 3.05) is 27.2 Å². The summed E-state index contributed by atoms with van der Waals surface area (Å²) in [7, 11) is 2.90. The number of amides is 2. The number of β-amino-alcohol motifs (C(OH)–C–C–N with tert-alkyl or cyclic N) is 1. The van der Waals surface area contributed by atoms with Crippen molar-refractivity contribution >= 4 is 17.8 Å². The molecular formula is C12H18N2O5. The molecule has 2 heterocycles. The number of carbonyl (C=O) groups is 3. The topological polar surface area (TPSA) is 87.1 Å². The van der Waals surface area contributed by atoms with E-state index in [0.29, 0.717) is 6.54 Å². The van der Waals surface area contributed by atoms with E-state index in [-0.39, 0.29) is 31.2 Å². The van der Waals surface area contributed by atoms with Crippen LogP contribution in [0.2, 0.25) is 0 Å². The molecule has 2 aliphatic rings. The van der Waals surface area contributed by atoms with Crippen LogP contribution in [-0.4, -0.2) is 72.1 Å². The molecule has 2 fully saturated rings. The molecule has 3 unspecified atom stereocenters. The third-order valence-corrected chi connectivity index (χ3v) is 3.73. The Hall–Kier alpha value is -1.63. The van der Waals surface area contributed by atoms with Crippen LogP contribution < -0.4 is 0 Å². The Bertz CT molecular complexity index is 411. The van der Waals surface area contributed by atoms with Gasteiger partial charge in [0.05, 0.1) is 19.1 Å². The molecule has 0 aromatic heterocycles. The third-order valence-electron chi connectivity index (χ3n) is 3.73. The predicted octanol–water partition coefficient (Wildman–Crippen LogP) is -1.40. The van der Waals surface area contributed by atoms with E-state index < -0.39 is 24.0 Å². The first kappa shape index (κ1) is 13.8. The van der Waals surface area contributed by atoms with E-state index in [4.69, 9.17) is 0 Å². The van der Waals surface area contributed by atoms with Crippen LogP contribution in [0.3, 0.4) is 0 Å². The number of carbonyl (C=O) groups excluding carboxylic acids is 3. The summed E-state index contributed by atoms with van der Waals surface area (Å²) >= 11 is 0. The number of methoxy groups -OCH3 is 1. The molecule has 0 spiro atoms. The molecule has 7 nitrogen and oxygen atoms in total. The van der Waals surface area contributed by atoms with Gasteiger partial charge in [0, 0.05) is 33.0 Å². The number of hydrogen-bond donors (Lipinski definition) is 1. The van der Waals surface area contributed by atoms with Gasteiger partial charge in [0.25, 0.3) is 0 Å². The molecule has 0 saturated carbocycles. The molecule has 19 heavy (non-hydrogen) atoms. The summed E-state index contributed by atoms with van der Waals surface area (Å²) in [5.41, 5.74) is 0. The molecule has 106 valence electrons. The maximum absolute atomic E-state index is 12.3. The van der Waals surface area contributed by atoms with E-state index in [2.05, 4.69) is 4.74 Å². The van der Waals surface area contributed by atoms with Crippen LogP contribution in [0.5, 0.6) is 0 Å². The van der Waals surface area contributed by atoms with Crippen LogP contribution in [0.25, 0.3) is 0 Å². The number of hydrogen-bond acceptors (Lipinski definition) is 5. The maximum atomic E-state index is 12.3. The summed E-state index contributed by atoms with van der Waals surface area (Å²) in [5, 5.41) is 9.63. The van der Waals surface area contributed by atoms with Gasteiger partial charge in [0.15, 0.2) is 0 Å². The van der Waals surface area contributed by atoms with Gasteiger partial charge in [-0.25, -0.2) is 4.79 Å². The van der Waals surface area contributed by atoms with Gasteiger partial charge in [-0.05, 0) is 0 Å². The first-order chi connectivity index (χ1) is 8.93. The summed E-state index contributed by atoms with van der Waals surface area (Å²) in [4.78, 5) is 38.3. The van der Waals surface area contributed by atoms with Gasteiger partial charge in [0.2, 0.25) is 11.8 Å². The fraction of sp³-hybridized carbons (Fsp3) is 0.750. The van der Waals surface area contributed by atoms with E-state index in [1.807, 2.05) is 0 Å². The van der Waals surface area contributed by atoms with Crippen molar-refractivity contribution < 1.29 is 24.2 Å². The molecule has 2 aliphatic heterocycles. The monoisotopic (exact) mass is 270 g/mol. The molecule has 3 atom stereocenters. The Morgan fingerprint density at radius 2 is 2.05 bits per heavy atom. The van der Waals surface area contributed by atoms with Gasteiger partial charge in [-0.3, -0.25) is 9.59 Å². The van der Waals surface area contributed by atoms with E-state index in [0.717, 1.165) is 0 Å². The van der Waals surface area contributed by atoms with Crippen molar-refractivity contribution in [1.82, 2.24) is 9.80 Å². The number of aliphatic hydroxyl groups excluding tert-OH is 1. The predicted molar refractivity (Wildman–Crippen MR) is 63.9 cm³/mol. The maximum Gasteiger partial charge on any atom is 0.328 e. The number of rotatable bonds is 2. The second kappa shape index (κ2) is 5.16. The zero-order valence-electron chi connectivity index (χ0n) is 11.0. The minimum atomic E-state index is -0.742. The lowest BCUT2D eigenvalue weighted by Crippen LogP contribution is -2.44. The molecule has 0 aliphatic carbocycles. The van der Waals surface area contributed by atoms with Crippen molar-refractivity contribution in [3.05, 3.63) is 0 Å². The van der Waals surface area contributed by atoms with Gasteiger partial charge in [-0.15, -0.1) is 0 Å². The third kappa shape index (κ3) is 2.56. The quantitative estimate of drug-likeness (QED) is 0.624. The minimum Gasteiger partial charge on any atom is -0.467 e. The lowest BCUT2D eigenvalue weighted by molar-refractivity contribution is -0.152. The van der Waals surface area contributed by atoms with Crippen molar-refractivity contribution in [3.63, 3.8) is 0 Å². The molecular weight excluding hydrogens is 252 g/mol. The lowest BCUT2D eigenvalue weighted by atomic mass is 10.1. The SMILES string of the molecule is COC(=O)C1CC(O)CN1C(=O)C1CC(=O)N(C)C1. The van der Waals surface area contributed by atoms with Crippen molar-refractivity contribution in [3.8, 4) is 0 Å². The van der Waals surface area contributed by atoms with Gasteiger partial charge in [-0.1, -0.05) is 0 Å². The van der Waals surface area contributed by atoms with Crippen LogP contribution in [0.4, 0.5) is 0 Å². The highest BCUT2D eigenvalue weighted by atomic mass is 16.5. The second-order valence-electron chi connectivity index (χ2n) is 5.09. The van der Waals surface area contributed by atoms with Gasteiger partial charge < -0.3 is 19.6 Å². The highest BCUT2D eigenvalue weighted by Crippen LogP contribution is 2.25. The molecule has 0 radical (unpaired) electrons. The summed E-state index contributed by atoms with van der Waals surface area (Å²) < 4.78 is 4.65. The number of aliphatic hydroxyl groups is 1. The smallest absolute Gasteiger partial charge is 0.328 e. The molecule has 0 aromatic rings. The lowest BCUT2D eigenvalue weighted by Gasteiger charge is -2.25. The molecule has 0 bridgehead atoms. The first-order valence-corrected chi connectivity index (χ1v) is 6.24. The summed E-state index contributed by atoms with van der Waals surface area (Å²) in [6.45, 7) is 0.477. The van der Waals surface area contributed by atoms with Crippen LogP contribution in [0, 0.1) is 5.92 Å². The fourth-order valence-corrected chi connectivity index (χ4v) is 2.68. The Balaban J connectivity index is 2.09. The standard InChI is InChI=1S/C12H18N2O5/c1-13-5-7(3-10(13)16)11(17)14-6-8(15)4-9(14)12(18)19-2/h7-9,15H,3-6H2,1-2H3. The highest BCUT2D eigenvalue weighted by molar-refractivity contribution is 5.92. The first-order valence-electron chi connectivity index (χ1n) is 6.24. The zero-order valence-corrected chi connectivity index (χ0v) is 11.0. The van der Waals surface area contributed by atoms with Crippen LogP contribution in [0.1, 0.15) is 12.8 Å². The Morgan fingerprint density at radius 3 is 2.58 bits per heavy atom. The average molecular weight is 270 g/mol. The molecule has 2 rings (SSSR count). The van der Waals surface area contributed by atoms with E-state index in [9.17, 15) is 19.5 Å². The largest absolute Gasteiger partial charge is 0.467 e. The van der Waals surface area contributed by atoms with Crippen molar-refractivity contribution in [2.24, 2.45) is 5.92 Å². The minimum absolute atomic E-state index is 0.0762. The van der Waals surface area contributed by atoms with Gasteiger partial charge >= 0.3 is 5.97 Å². The normalized spacial score (nSPS) is 30.9. The Labute approximate surface area is 111 Å². The number of nitrogens with zero attached hydrogens (tertiary/aromatic N) is 2. The van der Waals surface area contributed by atoms with Crippen LogP contribution in [-0.2, 0) is 19.1 Å². The second-order valence-corrected chi connectivity index (χ2v) is 5.09. The van der Waals surface area contributed by atoms with E-state index in [1.54, 1.807) is 7.05 Å². The van der Waals surface area contributed by atoms with E-state index >= 15 is 0 Å². The molecule has 7 heteroatoms. The number of likely N-dealkylation sites (tertiary alicyclic amines) is 2. The Morgan fingerprint density at radius 1 is 1.37 bits per heavy atom. The fourth-order valence-electron chi connectivity index (χ4n) is 2.68. The van der Waals surface area contributed by atoms with Gasteiger partial charge in [0.1, 0.15) is 6.04 Å². The van der Waals surface area contributed by atoms with Crippen LogP contribution in [0.15, 0.2) is 0 Å². The average Bonchev–Trinajstić information content (AvgIpc) is 2.92. The summed E-state index contributed by atoms with van der Waals surface area (Å²) in [6.07, 6.45) is -0.368. The molecule has 2 saturated heterocycles.